The van der Waals surface area contributed by atoms with Crippen LogP contribution in [0.4, 0.5) is 0 Å². The van der Waals surface area contributed by atoms with Crippen molar-refractivity contribution < 1.29 is 58.5 Å². The molecule has 23 N–H and O–H groups in total. The molecule has 1 fully saturated rings. The maximum atomic E-state index is 14.1. The molecule has 0 radical (unpaired) electrons. The largest absolute Gasteiger partial charge is 0.480 e. The maximum absolute atomic E-state index is 14.1. The van der Waals surface area contributed by atoms with Gasteiger partial charge in [-0.1, -0.05) is 168 Å². The van der Waals surface area contributed by atoms with Crippen LogP contribution in [0.2, 0.25) is 0 Å². The summed E-state index contributed by atoms with van der Waals surface area (Å²) in [7, 11) is 0. The highest BCUT2D eigenvalue weighted by Crippen LogP contribution is 2.19. The SMILES string of the molecule is CCCCC[C@@H](N)CCCCCCC[C@@H](N)CCCCCCC[C@@H](N)CCCCCCC[C@@H](N)CCCCCCC[C@H](O)CCNC(=O)C[C@@H](O)[C@@H](NC(=O)[C@@H]1NC(=O)[C@@H](CC(N)=O)NC(=O)[C@@H](NC(=O)[C@@H](Cc2cnc[nH]2)NC(=O)C[C@H](N)C(=O)O)CC(=O)N[C@H]1C)C(C)C. The van der Waals surface area contributed by atoms with Crippen molar-refractivity contribution in [3.05, 3.63) is 18.2 Å². The first-order chi connectivity index (χ1) is 45.8. The monoisotopic (exact) mass is 1360 g/mol. The smallest absolute Gasteiger partial charge is 0.321 e. The second-order valence-electron chi connectivity index (χ2n) is 27.6. The molecule has 1 aromatic rings. The molecular formula is C69H129N15O12. The molecule has 0 spiro atoms. The lowest BCUT2D eigenvalue weighted by Crippen LogP contribution is -2.62. The molecule has 552 valence electrons. The van der Waals surface area contributed by atoms with Gasteiger partial charge in [0.2, 0.25) is 47.3 Å². The highest BCUT2D eigenvalue weighted by Gasteiger charge is 2.39. The average molecular weight is 1360 g/mol. The van der Waals surface area contributed by atoms with E-state index in [0.29, 0.717) is 36.7 Å². The average Bonchev–Trinajstić information content (AvgIpc) is 1.43. The number of aliphatic hydroxyl groups excluding tert-OH is 2. The van der Waals surface area contributed by atoms with Crippen LogP contribution in [-0.2, 0) is 49.6 Å². The molecule has 0 aliphatic carbocycles. The summed E-state index contributed by atoms with van der Waals surface area (Å²) in [4.78, 5) is 125. The topological polar surface area (TPSA) is 483 Å². The fraction of sp³-hybridized carbons (Fsp3) is 0.826. The van der Waals surface area contributed by atoms with Crippen LogP contribution < -0.4 is 71.6 Å². The number of hydrogen-bond donors (Lipinski definition) is 17. The summed E-state index contributed by atoms with van der Waals surface area (Å²) in [5.74, 6) is -9.47. The number of hydrogen-bond acceptors (Lipinski definition) is 17. The van der Waals surface area contributed by atoms with Crippen LogP contribution in [0.3, 0.4) is 0 Å². The van der Waals surface area contributed by atoms with E-state index in [1.54, 1.807) is 13.8 Å². The zero-order valence-corrected chi connectivity index (χ0v) is 58.7. The van der Waals surface area contributed by atoms with Crippen LogP contribution in [0.25, 0.3) is 0 Å². The number of unbranched alkanes of at least 4 members (excludes halogenated alkanes) is 18. The number of aromatic nitrogens is 2. The Morgan fingerprint density at radius 1 is 0.604 bits per heavy atom. The van der Waals surface area contributed by atoms with Gasteiger partial charge in [-0.15, -0.1) is 0 Å². The fourth-order valence-corrected chi connectivity index (χ4v) is 12.2. The maximum Gasteiger partial charge on any atom is 0.321 e. The first-order valence-corrected chi connectivity index (χ1v) is 36.5. The van der Waals surface area contributed by atoms with E-state index in [1.165, 1.54) is 141 Å². The van der Waals surface area contributed by atoms with E-state index in [9.17, 15) is 58.5 Å². The predicted octanol–water partition coefficient (Wildman–Crippen LogP) is 4.05. The highest BCUT2D eigenvalue weighted by atomic mass is 16.4. The highest BCUT2D eigenvalue weighted by molar-refractivity contribution is 5.99. The Bertz CT molecular complexity index is 2360. The van der Waals surface area contributed by atoms with Crippen LogP contribution in [0.5, 0.6) is 0 Å². The minimum absolute atomic E-state index is 0.150. The molecule has 1 saturated heterocycles. The van der Waals surface area contributed by atoms with E-state index in [4.69, 9.17) is 34.4 Å². The Balaban J connectivity index is 1.65. The van der Waals surface area contributed by atoms with Gasteiger partial charge >= 0.3 is 5.97 Å². The van der Waals surface area contributed by atoms with Crippen molar-refractivity contribution >= 4 is 53.2 Å². The van der Waals surface area contributed by atoms with E-state index in [2.05, 4.69) is 54.1 Å². The van der Waals surface area contributed by atoms with Gasteiger partial charge in [0, 0.05) is 49.0 Å². The van der Waals surface area contributed by atoms with Crippen LogP contribution in [-0.4, -0.2) is 164 Å². The molecule has 1 aromatic heterocycles. The first-order valence-electron chi connectivity index (χ1n) is 36.5. The number of H-pyrrole nitrogens is 1. The number of carboxylic acids is 1. The molecule has 2 heterocycles. The predicted molar refractivity (Wildman–Crippen MR) is 373 cm³/mol. The van der Waals surface area contributed by atoms with Gasteiger partial charge in [-0.2, -0.15) is 0 Å². The van der Waals surface area contributed by atoms with Crippen LogP contribution in [0.1, 0.15) is 271 Å². The number of nitrogens with zero attached hydrogens (tertiary/aromatic N) is 1. The van der Waals surface area contributed by atoms with Crippen molar-refractivity contribution in [3.63, 3.8) is 0 Å². The number of carbonyl (C=O) groups is 9. The van der Waals surface area contributed by atoms with Crippen molar-refractivity contribution in [2.75, 3.05) is 6.54 Å². The first kappa shape index (κ1) is 86.2. The minimum atomic E-state index is -1.75. The molecule has 0 saturated carbocycles. The number of aliphatic hydroxyl groups is 2. The number of carboxylic acid groups (broad SMARTS) is 1. The van der Waals surface area contributed by atoms with Gasteiger partial charge in [0.15, 0.2) is 0 Å². The molecule has 0 bridgehead atoms. The van der Waals surface area contributed by atoms with Gasteiger partial charge in [0.05, 0.1) is 56.3 Å². The summed E-state index contributed by atoms with van der Waals surface area (Å²) in [5.41, 5.74) is 36.9. The van der Waals surface area contributed by atoms with Crippen molar-refractivity contribution in [2.45, 2.75) is 350 Å². The van der Waals surface area contributed by atoms with Gasteiger partial charge in [-0.05, 0) is 77.0 Å². The third-order valence-electron chi connectivity index (χ3n) is 18.3. The summed E-state index contributed by atoms with van der Waals surface area (Å²) in [6, 6.07) is -9.21. The lowest BCUT2D eigenvalue weighted by atomic mass is 9.95. The van der Waals surface area contributed by atoms with Gasteiger partial charge in [-0.25, -0.2) is 4.98 Å². The van der Waals surface area contributed by atoms with Gasteiger partial charge in [0.25, 0.3) is 0 Å². The fourth-order valence-electron chi connectivity index (χ4n) is 12.2. The van der Waals surface area contributed by atoms with E-state index < -0.39 is 139 Å². The molecule has 96 heavy (non-hydrogen) atoms. The molecule has 8 amide bonds. The molecule has 2 rings (SSSR count). The number of imidazole rings is 1. The Morgan fingerprint density at radius 2 is 1.07 bits per heavy atom. The number of aliphatic carboxylic acids is 1. The number of primary amides is 1. The molecule has 27 heteroatoms. The molecular weight excluding hydrogens is 1230 g/mol. The lowest BCUT2D eigenvalue weighted by molar-refractivity contribution is -0.140. The minimum Gasteiger partial charge on any atom is -0.480 e. The Kier molecular flexibility index (Phi) is 46.1. The molecule has 27 nitrogen and oxygen atoms in total. The van der Waals surface area contributed by atoms with Crippen molar-refractivity contribution in [1.29, 1.82) is 0 Å². The van der Waals surface area contributed by atoms with Crippen LogP contribution in [0, 0.1) is 5.92 Å². The number of aromatic amines is 1. The van der Waals surface area contributed by atoms with E-state index >= 15 is 0 Å². The third kappa shape index (κ3) is 40.8. The Hall–Kier alpha value is -5.84. The number of nitrogens with one attached hydrogen (secondary N) is 8. The summed E-state index contributed by atoms with van der Waals surface area (Å²) < 4.78 is 0. The summed E-state index contributed by atoms with van der Waals surface area (Å²) in [6.07, 6.45) is 35.0. The zero-order chi connectivity index (χ0) is 71.2. The second-order valence-corrected chi connectivity index (χ2v) is 27.6. The quantitative estimate of drug-likeness (QED) is 0.0409. The van der Waals surface area contributed by atoms with Crippen LogP contribution in [0.15, 0.2) is 12.5 Å². The van der Waals surface area contributed by atoms with E-state index in [1.807, 2.05) is 0 Å². The molecule has 1 aliphatic rings. The van der Waals surface area contributed by atoms with Gasteiger partial charge in [-0.3, -0.25) is 43.2 Å². The van der Waals surface area contributed by atoms with Crippen molar-refractivity contribution in [3.8, 4) is 0 Å². The van der Waals surface area contributed by atoms with E-state index in [-0.39, 0.29) is 19.0 Å². The van der Waals surface area contributed by atoms with Crippen molar-refractivity contribution in [2.24, 2.45) is 40.3 Å². The summed E-state index contributed by atoms with van der Waals surface area (Å²) in [5, 5.41) is 48.6. The number of carbonyl (C=O) groups excluding carboxylic acids is 8. The second kappa shape index (κ2) is 51.4. The summed E-state index contributed by atoms with van der Waals surface area (Å²) >= 11 is 0. The molecule has 0 aromatic carbocycles. The third-order valence-corrected chi connectivity index (χ3v) is 18.3. The lowest BCUT2D eigenvalue weighted by Gasteiger charge is -2.32. The number of rotatable bonds is 55. The molecule has 13 atom stereocenters. The number of nitrogens with two attached hydrogens (primary N) is 6. The Morgan fingerprint density at radius 3 is 1.51 bits per heavy atom. The number of amides is 8. The van der Waals surface area contributed by atoms with Crippen molar-refractivity contribution in [1.82, 2.24) is 47.2 Å². The van der Waals surface area contributed by atoms with E-state index in [0.717, 1.165) is 77.0 Å². The molecule has 1 aliphatic heterocycles. The van der Waals surface area contributed by atoms with Gasteiger partial charge < -0.3 is 91.9 Å². The zero-order valence-electron chi connectivity index (χ0n) is 58.7. The Labute approximate surface area is 572 Å². The van der Waals surface area contributed by atoms with Gasteiger partial charge in [0.1, 0.15) is 30.2 Å². The summed E-state index contributed by atoms with van der Waals surface area (Å²) in [6.45, 7) is 7.12. The molecule has 0 unspecified atom stereocenters. The normalized spacial score (nSPS) is 19.0. The standard InChI is InChI=1S/C69H129N15O12/c1-5-6-19-28-48(70)29-20-11-7-12-21-30-49(71)31-22-13-8-14-23-32-50(72)33-24-15-9-16-25-34-51(73)35-26-17-10-18-27-36-53(85)37-38-77-60(88)43-58(86)63(46(2)3)83-68(94)64-47(4)79-62(90)42-57(66(92)81-56(41-59(75)87)67(93)84-64)82-65(91)55(39-52-44-76-45-78-52)80-61(89)40-54(74)69(95)96/h44-51,53-58,63-64,85-86H,5-43,70-74H2,1-4H3,(H2,75,87)(H,76,78)(H,77,88)(H,79,90)(H,80,89)(H,81,92)(H,82,91)(H,83,94)(H,84,93)(H,95,96)/t47-,48+,49+,50+,51+,53-,54-,55+,56+,57-,58+,63-,64+/m0/s1. The van der Waals surface area contributed by atoms with Crippen LogP contribution >= 0.6 is 0 Å².